The minimum Gasteiger partial charge on any atom is -0.445 e. The summed E-state index contributed by atoms with van der Waals surface area (Å²) in [6.07, 6.45) is 1.07. The summed E-state index contributed by atoms with van der Waals surface area (Å²) in [4.78, 5) is 29.4. The van der Waals surface area contributed by atoms with E-state index < -0.39 is 35.8 Å². The molecule has 3 aromatic carbocycles. The number of hydrogen-bond acceptors (Lipinski definition) is 3. The largest absolute Gasteiger partial charge is 0.445 e. The first-order valence-electron chi connectivity index (χ1n) is 11.5. The molecule has 36 heavy (non-hydrogen) atoms. The number of halogens is 2. The summed E-state index contributed by atoms with van der Waals surface area (Å²) in [6.45, 7) is 3.06. The van der Waals surface area contributed by atoms with Gasteiger partial charge in [-0.25, -0.2) is 13.6 Å². The summed E-state index contributed by atoms with van der Waals surface area (Å²) >= 11 is 0. The number of hydrogen-bond donors (Lipinski definition) is 3. The molecule has 0 bridgehead atoms. The molecular weight excluding hydrogens is 464 g/mol. The molecule has 0 saturated heterocycles. The van der Waals surface area contributed by atoms with Gasteiger partial charge in [-0.15, -0.1) is 0 Å². The number of nitrogens with one attached hydrogen (secondary N) is 3. The van der Waals surface area contributed by atoms with Gasteiger partial charge in [0.25, 0.3) is 0 Å². The number of aromatic amines is 1. The molecule has 1 heterocycles. The number of aromatic nitrogens is 1. The van der Waals surface area contributed by atoms with E-state index in [4.69, 9.17) is 4.74 Å². The Morgan fingerprint density at radius 3 is 2.47 bits per heavy atom. The van der Waals surface area contributed by atoms with Crippen LogP contribution in [0.1, 0.15) is 36.6 Å². The average Bonchev–Trinajstić information content (AvgIpc) is 3.26. The first-order chi connectivity index (χ1) is 17.2. The minimum absolute atomic E-state index is 0.0204. The zero-order chi connectivity index (χ0) is 25.7. The molecule has 0 fully saturated rings. The van der Waals surface area contributed by atoms with E-state index in [2.05, 4.69) is 15.6 Å². The van der Waals surface area contributed by atoms with Crippen LogP contribution in [-0.2, 0) is 22.6 Å². The molecule has 0 saturated carbocycles. The molecule has 0 unspecified atom stereocenters. The lowest BCUT2D eigenvalue weighted by atomic mass is 9.91. The number of carbonyl (C=O) groups excluding carboxylic acids is 2. The number of alkyl carbamates (subject to hydrolysis) is 1. The van der Waals surface area contributed by atoms with E-state index in [9.17, 15) is 18.4 Å². The van der Waals surface area contributed by atoms with Crippen molar-refractivity contribution in [3.05, 3.63) is 107 Å². The molecule has 8 heteroatoms. The number of para-hydroxylation sites is 1. The number of carbonyl (C=O) groups is 2. The number of fused-ring (bicyclic) bond motifs is 1. The summed E-state index contributed by atoms with van der Waals surface area (Å²) < 4.78 is 32.3. The van der Waals surface area contributed by atoms with E-state index in [1.807, 2.05) is 61.5 Å². The molecule has 2 atom stereocenters. The summed E-state index contributed by atoms with van der Waals surface area (Å²) in [5.74, 6) is -1.95. The zero-order valence-corrected chi connectivity index (χ0v) is 20.0. The molecule has 4 aromatic rings. The highest BCUT2D eigenvalue weighted by Gasteiger charge is 2.37. The molecular formula is C28H27F2N3O3. The number of amides is 2. The van der Waals surface area contributed by atoms with Gasteiger partial charge < -0.3 is 20.4 Å². The van der Waals surface area contributed by atoms with Gasteiger partial charge in [-0.1, -0.05) is 48.5 Å². The van der Waals surface area contributed by atoms with Crippen molar-refractivity contribution in [2.45, 2.75) is 38.5 Å². The third-order valence-electron chi connectivity index (χ3n) is 6.12. The minimum atomic E-state index is -1.40. The highest BCUT2D eigenvalue weighted by Crippen LogP contribution is 2.24. The van der Waals surface area contributed by atoms with E-state index >= 15 is 0 Å². The third-order valence-corrected chi connectivity index (χ3v) is 6.12. The normalized spacial score (nSPS) is 13.6. The average molecular weight is 492 g/mol. The Bertz CT molecular complexity index is 1370. The number of ether oxygens (including phenoxy) is 1. The quantitative estimate of drug-likeness (QED) is 0.302. The number of benzene rings is 3. The van der Waals surface area contributed by atoms with Crippen molar-refractivity contribution in [2.24, 2.45) is 0 Å². The third kappa shape index (κ3) is 5.71. The molecule has 0 aliphatic carbocycles. The van der Waals surface area contributed by atoms with Crippen LogP contribution in [0.15, 0.2) is 79.0 Å². The van der Waals surface area contributed by atoms with Gasteiger partial charge in [-0.2, -0.15) is 0 Å². The van der Waals surface area contributed by atoms with Crippen molar-refractivity contribution in [3.8, 4) is 0 Å². The lowest BCUT2D eigenvalue weighted by Gasteiger charge is -2.31. The topological polar surface area (TPSA) is 83.2 Å². The van der Waals surface area contributed by atoms with Gasteiger partial charge in [0.05, 0.1) is 6.04 Å². The van der Waals surface area contributed by atoms with Crippen molar-refractivity contribution in [1.29, 1.82) is 0 Å². The van der Waals surface area contributed by atoms with Crippen LogP contribution in [0.2, 0.25) is 0 Å². The monoisotopic (exact) mass is 491 g/mol. The summed E-state index contributed by atoms with van der Waals surface area (Å²) in [5.41, 5.74) is 1.27. The zero-order valence-electron chi connectivity index (χ0n) is 20.0. The predicted molar refractivity (Wildman–Crippen MR) is 133 cm³/mol. The molecule has 0 spiro atoms. The van der Waals surface area contributed by atoms with E-state index in [-0.39, 0.29) is 18.0 Å². The van der Waals surface area contributed by atoms with Gasteiger partial charge in [-0.05, 0) is 43.2 Å². The Morgan fingerprint density at radius 2 is 1.72 bits per heavy atom. The molecule has 0 radical (unpaired) electrons. The Balaban J connectivity index is 1.54. The van der Waals surface area contributed by atoms with Crippen LogP contribution >= 0.6 is 0 Å². The van der Waals surface area contributed by atoms with Crippen molar-refractivity contribution in [3.63, 3.8) is 0 Å². The van der Waals surface area contributed by atoms with Crippen LogP contribution in [0.5, 0.6) is 0 Å². The van der Waals surface area contributed by atoms with E-state index in [1.54, 1.807) is 13.1 Å². The van der Waals surface area contributed by atoms with Gasteiger partial charge in [0.15, 0.2) is 0 Å². The first-order valence-corrected chi connectivity index (χ1v) is 11.5. The SMILES string of the molecule is C[C@@H](NC(=O)[C@@](C)(Cc1c[nH]c2ccccc12)NC(=O)OCc1ccc(F)cc1F)c1ccccc1. The maximum atomic E-state index is 14.0. The lowest BCUT2D eigenvalue weighted by molar-refractivity contribution is -0.127. The summed E-state index contributed by atoms with van der Waals surface area (Å²) in [7, 11) is 0. The number of rotatable bonds is 8. The highest BCUT2D eigenvalue weighted by molar-refractivity contribution is 5.91. The Labute approximate surface area is 207 Å². The molecule has 2 amide bonds. The second-order valence-electron chi connectivity index (χ2n) is 8.91. The van der Waals surface area contributed by atoms with E-state index in [0.717, 1.165) is 34.2 Å². The second kappa shape index (κ2) is 10.6. The fraction of sp³-hybridized carbons (Fsp3) is 0.214. The molecule has 1 aromatic heterocycles. The van der Waals surface area contributed by atoms with Crippen molar-refractivity contribution >= 4 is 22.9 Å². The smallest absolute Gasteiger partial charge is 0.408 e. The summed E-state index contributed by atoms with van der Waals surface area (Å²) in [6, 6.07) is 19.8. The van der Waals surface area contributed by atoms with Crippen molar-refractivity contribution in [1.82, 2.24) is 15.6 Å². The molecule has 4 rings (SSSR count). The molecule has 0 aliphatic heterocycles. The Kier molecular flexibility index (Phi) is 7.33. The van der Waals surface area contributed by atoms with Crippen LogP contribution in [0.3, 0.4) is 0 Å². The maximum absolute atomic E-state index is 14.0. The van der Waals surface area contributed by atoms with Gasteiger partial charge >= 0.3 is 6.09 Å². The Hall–Kier alpha value is -4.20. The van der Waals surface area contributed by atoms with Crippen LogP contribution in [0, 0.1) is 11.6 Å². The molecule has 6 nitrogen and oxygen atoms in total. The molecule has 0 aliphatic rings. The highest BCUT2D eigenvalue weighted by atomic mass is 19.1. The van der Waals surface area contributed by atoms with Gasteiger partial charge in [-0.3, -0.25) is 4.79 Å². The van der Waals surface area contributed by atoms with Crippen LogP contribution in [0.25, 0.3) is 10.9 Å². The van der Waals surface area contributed by atoms with Crippen molar-refractivity contribution < 1.29 is 23.1 Å². The van der Waals surface area contributed by atoms with E-state index in [1.165, 1.54) is 6.07 Å². The van der Waals surface area contributed by atoms with Crippen molar-refractivity contribution in [2.75, 3.05) is 0 Å². The van der Waals surface area contributed by atoms with Crippen LogP contribution in [-0.4, -0.2) is 22.5 Å². The maximum Gasteiger partial charge on any atom is 0.408 e. The van der Waals surface area contributed by atoms with Crippen LogP contribution < -0.4 is 10.6 Å². The van der Waals surface area contributed by atoms with Gasteiger partial charge in [0, 0.05) is 35.2 Å². The molecule has 186 valence electrons. The first kappa shape index (κ1) is 24.9. The lowest BCUT2D eigenvalue weighted by Crippen LogP contribution is -2.58. The second-order valence-corrected chi connectivity index (χ2v) is 8.91. The Morgan fingerprint density at radius 1 is 1.00 bits per heavy atom. The molecule has 3 N–H and O–H groups in total. The van der Waals surface area contributed by atoms with Gasteiger partial charge in [0.2, 0.25) is 5.91 Å². The fourth-order valence-electron chi connectivity index (χ4n) is 4.06. The van der Waals surface area contributed by atoms with Gasteiger partial charge in [0.1, 0.15) is 23.8 Å². The fourth-order valence-corrected chi connectivity index (χ4v) is 4.06. The predicted octanol–water partition coefficient (Wildman–Crippen LogP) is 5.55. The van der Waals surface area contributed by atoms with E-state index in [0.29, 0.717) is 0 Å². The summed E-state index contributed by atoms with van der Waals surface area (Å²) in [5, 5.41) is 6.57. The standard InChI is InChI=1S/C28H27F2N3O3/c1-18(19-8-4-3-5-9-19)32-26(34)28(2,15-21-16-31-25-11-7-6-10-23(21)25)33-27(35)36-17-20-12-13-22(29)14-24(20)30/h3-14,16,18,31H,15,17H2,1-2H3,(H,32,34)(H,33,35)/t18-,28-/m1/s1. The number of H-pyrrole nitrogens is 1. The van der Waals surface area contributed by atoms with Crippen LogP contribution in [0.4, 0.5) is 13.6 Å².